The third kappa shape index (κ3) is 14.4. The average molecular weight is 248 g/mol. The van der Waals surface area contributed by atoms with Gasteiger partial charge in [0.25, 0.3) is 0 Å². The Kier molecular flexibility index (Phi) is 4.85. The van der Waals surface area contributed by atoms with Gasteiger partial charge in [-0.1, -0.05) is 0 Å². The highest BCUT2D eigenvalue weighted by atomic mass is 32.3. The van der Waals surface area contributed by atoms with E-state index in [1.807, 2.05) is 0 Å². The van der Waals surface area contributed by atoms with Gasteiger partial charge in [0.15, 0.2) is 0 Å². The zero-order valence-electron chi connectivity index (χ0n) is 5.43. The predicted molar refractivity (Wildman–Crippen MR) is 31.8 cm³/mol. The maximum Gasteiger partial charge on any atom is 0.522 e. The van der Waals surface area contributed by atoms with E-state index in [1.54, 1.807) is 0 Å². The van der Waals surface area contributed by atoms with E-state index in [0.29, 0.717) is 0 Å². The topological polar surface area (TPSA) is 129 Å². The lowest BCUT2D eigenvalue weighted by molar-refractivity contribution is -0.0510. The quantitative estimate of drug-likeness (QED) is 0.397. The van der Waals surface area contributed by atoms with Crippen molar-refractivity contribution in [1.82, 2.24) is 0 Å². The lowest BCUT2D eigenvalue weighted by Crippen LogP contribution is -2.21. The summed E-state index contributed by atoms with van der Waals surface area (Å²) in [5.74, 6) is 0. The zero-order chi connectivity index (χ0) is 11.5. The van der Waals surface area contributed by atoms with Crippen molar-refractivity contribution in [2.24, 2.45) is 0 Å². The van der Waals surface area contributed by atoms with Crippen molar-refractivity contribution in [3.05, 3.63) is 0 Å². The highest BCUT2D eigenvalue weighted by Gasteiger charge is 2.44. The number of alkyl halides is 3. The Morgan fingerprint density at radius 2 is 0.923 bits per heavy atom. The van der Waals surface area contributed by atoms with E-state index in [0.717, 1.165) is 0 Å². The first-order valence-corrected chi connectivity index (χ1v) is 4.82. The molecule has 0 aromatic carbocycles. The van der Waals surface area contributed by atoms with Crippen LogP contribution in [-0.4, -0.2) is 36.0 Å². The van der Waals surface area contributed by atoms with Gasteiger partial charge in [0, 0.05) is 0 Å². The van der Waals surface area contributed by atoms with Crippen molar-refractivity contribution < 1.29 is 43.7 Å². The fourth-order valence-electron chi connectivity index (χ4n) is 0. The second-order valence-electron chi connectivity index (χ2n) is 1.37. The minimum absolute atomic E-state index is 4.67. The van der Waals surface area contributed by atoms with Crippen molar-refractivity contribution in [3.8, 4) is 0 Å². The molecule has 0 amide bonds. The summed E-state index contributed by atoms with van der Waals surface area (Å²) in [6.45, 7) is 0. The van der Waals surface area contributed by atoms with Crippen LogP contribution in [0.4, 0.5) is 13.2 Å². The van der Waals surface area contributed by atoms with Crippen LogP contribution in [0.1, 0.15) is 0 Å². The third-order valence-corrected chi connectivity index (χ3v) is 0.877. The summed E-state index contributed by atoms with van der Waals surface area (Å²) in [7, 11) is -10.5. The van der Waals surface area contributed by atoms with E-state index >= 15 is 0 Å². The minimum Gasteiger partial charge on any atom is -0.279 e. The molecule has 12 heteroatoms. The molecule has 0 fully saturated rings. The summed E-state index contributed by atoms with van der Waals surface area (Å²) in [6.07, 6.45) is 0. The van der Waals surface area contributed by atoms with E-state index in [1.165, 1.54) is 0 Å². The molecule has 0 aromatic rings. The van der Waals surface area contributed by atoms with Gasteiger partial charge in [-0.3, -0.25) is 13.7 Å². The predicted octanol–water partition coefficient (Wildman–Crippen LogP) is -0.259. The molecular weight excluding hydrogens is 245 g/mol. The first kappa shape index (κ1) is 15.1. The van der Waals surface area contributed by atoms with Crippen molar-refractivity contribution in [2.45, 2.75) is 5.51 Å². The SMILES string of the molecule is O=S(=O)(O)C(F)(F)F.O=S(=O)(O)O. The molecule has 82 valence electrons. The summed E-state index contributed by atoms with van der Waals surface area (Å²) in [5, 5.41) is 0. The van der Waals surface area contributed by atoms with Crippen molar-refractivity contribution >= 4 is 20.5 Å². The van der Waals surface area contributed by atoms with Gasteiger partial charge in [0.2, 0.25) is 0 Å². The van der Waals surface area contributed by atoms with Crippen molar-refractivity contribution in [2.75, 3.05) is 0 Å². The van der Waals surface area contributed by atoms with Gasteiger partial charge in [0.1, 0.15) is 0 Å². The van der Waals surface area contributed by atoms with Crippen LogP contribution < -0.4 is 0 Å². The lowest BCUT2D eigenvalue weighted by atomic mass is 11.6. The molecule has 0 aromatic heterocycles. The second-order valence-corrected chi connectivity index (χ2v) is 3.68. The van der Waals surface area contributed by atoms with E-state index in [-0.39, 0.29) is 0 Å². The molecule has 0 aliphatic rings. The van der Waals surface area contributed by atoms with Crippen LogP contribution in [-0.2, 0) is 20.5 Å². The van der Waals surface area contributed by atoms with Crippen LogP contribution in [0.5, 0.6) is 0 Å². The molecule has 0 rings (SSSR count). The van der Waals surface area contributed by atoms with E-state index in [9.17, 15) is 13.2 Å². The van der Waals surface area contributed by atoms with Gasteiger partial charge in [-0.05, 0) is 0 Å². The summed E-state index contributed by atoms with van der Waals surface area (Å²) in [5.41, 5.74) is -5.53. The first-order chi connectivity index (χ1) is 5.25. The Bertz CT molecular complexity index is 324. The fourth-order valence-corrected chi connectivity index (χ4v) is 0. The van der Waals surface area contributed by atoms with Gasteiger partial charge >= 0.3 is 26.0 Å². The lowest BCUT2D eigenvalue weighted by Gasteiger charge is -1.97. The van der Waals surface area contributed by atoms with Crippen molar-refractivity contribution in [1.29, 1.82) is 0 Å². The third-order valence-electron chi connectivity index (χ3n) is 0.292. The summed E-state index contributed by atoms with van der Waals surface area (Å²) in [4.78, 5) is 0. The molecule has 0 aliphatic carbocycles. The monoisotopic (exact) mass is 248 g/mol. The molecule has 0 heterocycles. The van der Waals surface area contributed by atoms with E-state index in [2.05, 4.69) is 0 Å². The maximum absolute atomic E-state index is 10.7. The zero-order valence-corrected chi connectivity index (χ0v) is 7.06. The van der Waals surface area contributed by atoms with E-state index < -0.39 is 26.0 Å². The number of rotatable bonds is 0. The fraction of sp³-hybridized carbons (Fsp3) is 1.00. The van der Waals surface area contributed by atoms with Gasteiger partial charge in [-0.15, -0.1) is 0 Å². The highest BCUT2D eigenvalue weighted by molar-refractivity contribution is 7.86. The highest BCUT2D eigenvalue weighted by Crippen LogP contribution is 2.20. The average Bonchev–Trinajstić information content (AvgIpc) is 1.50. The molecule has 0 radical (unpaired) electrons. The summed E-state index contributed by atoms with van der Waals surface area (Å²) in [6, 6.07) is 0. The number of halogens is 3. The number of hydrogen-bond acceptors (Lipinski definition) is 4. The molecule has 13 heavy (non-hydrogen) atoms. The van der Waals surface area contributed by atoms with Gasteiger partial charge < -0.3 is 0 Å². The Balaban J connectivity index is 0. The molecule has 7 nitrogen and oxygen atoms in total. The smallest absolute Gasteiger partial charge is 0.279 e. The molecule has 0 spiro atoms. The largest absolute Gasteiger partial charge is 0.522 e. The molecule has 0 saturated heterocycles. The van der Waals surface area contributed by atoms with Gasteiger partial charge in [-0.25, -0.2) is 0 Å². The maximum atomic E-state index is 10.7. The number of hydrogen-bond donors (Lipinski definition) is 3. The standard InChI is InChI=1S/CHF3O3S.H2O4S/c2-1(3,4)8(5,6)7;1-5(2,3)4/h(H,5,6,7);(H2,1,2,3,4). The molecule has 3 N–H and O–H groups in total. The Morgan fingerprint density at radius 1 is 0.846 bits per heavy atom. The Morgan fingerprint density at radius 3 is 0.923 bits per heavy atom. The van der Waals surface area contributed by atoms with Gasteiger partial charge in [-0.2, -0.15) is 30.0 Å². The molecule has 0 bridgehead atoms. The van der Waals surface area contributed by atoms with Crippen LogP contribution in [0.2, 0.25) is 0 Å². The summed E-state index contributed by atoms with van der Waals surface area (Å²) >= 11 is 0. The Labute approximate surface area is 70.5 Å². The van der Waals surface area contributed by atoms with Crippen LogP contribution in [0, 0.1) is 0 Å². The van der Waals surface area contributed by atoms with Gasteiger partial charge in [0.05, 0.1) is 0 Å². The normalized spacial score (nSPS) is 13.1. The minimum atomic E-state index is -5.84. The van der Waals surface area contributed by atoms with Crippen LogP contribution in [0.15, 0.2) is 0 Å². The van der Waals surface area contributed by atoms with Crippen LogP contribution in [0.25, 0.3) is 0 Å². The van der Waals surface area contributed by atoms with Crippen LogP contribution in [0.3, 0.4) is 0 Å². The molecule has 0 saturated carbocycles. The van der Waals surface area contributed by atoms with E-state index in [4.69, 9.17) is 30.5 Å². The first-order valence-electron chi connectivity index (χ1n) is 1.99. The summed E-state index contributed by atoms with van der Waals surface area (Å²) < 4.78 is 89.1. The second kappa shape index (κ2) is 4.19. The Hall–Kier alpha value is -0.430. The van der Waals surface area contributed by atoms with Crippen molar-refractivity contribution in [3.63, 3.8) is 0 Å². The van der Waals surface area contributed by atoms with Crippen LogP contribution >= 0.6 is 0 Å². The molecular formula is CH3F3O7S2. The molecule has 0 aliphatic heterocycles. The molecule has 0 unspecified atom stereocenters. The molecule has 0 atom stereocenters.